The summed E-state index contributed by atoms with van der Waals surface area (Å²) in [6.45, 7) is 1.94. The third kappa shape index (κ3) is 1.89. The molecule has 0 spiro atoms. The van der Waals surface area contributed by atoms with Crippen LogP contribution in [0.15, 0.2) is 6.33 Å². The van der Waals surface area contributed by atoms with E-state index in [2.05, 4.69) is 20.6 Å². The van der Waals surface area contributed by atoms with Crippen molar-refractivity contribution >= 4 is 5.82 Å². The van der Waals surface area contributed by atoms with E-state index in [-0.39, 0.29) is 0 Å². The van der Waals surface area contributed by atoms with Crippen molar-refractivity contribution in [1.29, 1.82) is 0 Å². The Morgan fingerprint density at radius 2 is 2.12 bits per heavy atom. The van der Waals surface area contributed by atoms with Gasteiger partial charge in [-0.15, -0.1) is 0 Å². The molecular weight excluding hydrogens is 200 g/mol. The first-order valence-corrected chi connectivity index (χ1v) is 6.23. The fraction of sp³-hybridized carbons (Fsp3) is 0.667. The molecule has 0 bridgehead atoms. The van der Waals surface area contributed by atoms with Crippen LogP contribution < -0.4 is 10.6 Å². The second-order valence-corrected chi connectivity index (χ2v) is 4.70. The first kappa shape index (κ1) is 10.0. The summed E-state index contributed by atoms with van der Waals surface area (Å²) in [6, 6.07) is 0.626. The molecule has 1 aromatic heterocycles. The number of aromatic nitrogens is 2. The normalized spacial score (nSPS) is 20.8. The van der Waals surface area contributed by atoms with Crippen LogP contribution in [0.4, 0.5) is 5.82 Å². The summed E-state index contributed by atoms with van der Waals surface area (Å²) in [7, 11) is 0. The van der Waals surface area contributed by atoms with Crippen molar-refractivity contribution in [3.05, 3.63) is 17.6 Å². The zero-order chi connectivity index (χ0) is 10.8. The highest BCUT2D eigenvalue weighted by molar-refractivity contribution is 5.47. The molecule has 0 amide bonds. The van der Waals surface area contributed by atoms with Crippen molar-refractivity contribution in [2.24, 2.45) is 0 Å². The van der Waals surface area contributed by atoms with E-state index in [1.807, 2.05) is 0 Å². The molecule has 0 atom stereocenters. The lowest BCUT2D eigenvalue weighted by atomic mass is 10.1. The molecule has 1 fully saturated rings. The van der Waals surface area contributed by atoms with Gasteiger partial charge in [-0.05, 0) is 12.8 Å². The second kappa shape index (κ2) is 4.37. The van der Waals surface area contributed by atoms with Crippen LogP contribution in [0.5, 0.6) is 0 Å². The molecule has 16 heavy (non-hydrogen) atoms. The fourth-order valence-electron chi connectivity index (χ4n) is 2.66. The third-order valence-corrected chi connectivity index (χ3v) is 3.57. The molecule has 86 valence electrons. The van der Waals surface area contributed by atoms with E-state index >= 15 is 0 Å². The molecule has 2 N–H and O–H groups in total. The average Bonchev–Trinajstić information content (AvgIpc) is 2.82. The van der Waals surface area contributed by atoms with Gasteiger partial charge in [-0.1, -0.05) is 12.8 Å². The van der Waals surface area contributed by atoms with Gasteiger partial charge in [0, 0.05) is 31.1 Å². The first-order valence-electron chi connectivity index (χ1n) is 6.23. The number of nitrogens with one attached hydrogen (secondary N) is 2. The zero-order valence-electron chi connectivity index (χ0n) is 9.50. The Hall–Kier alpha value is -1.16. The SMILES string of the molecule is c1nc2c(c(NC3CCCC3)n1)CNCC2. The van der Waals surface area contributed by atoms with Crippen LogP contribution in [0.2, 0.25) is 0 Å². The Bertz CT molecular complexity index is 371. The van der Waals surface area contributed by atoms with Gasteiger partial charge in [-0.25, -0.2) is 9.97 Å². The maximum absolute atomic E-state index is 4.39. The van der Waals surface area contributed by atoms with Gasteiger partial charge in [0.25, 0.3) is 0 Å². The number of fused-ring (bicyclic) bond motifs is 1. The van der Waals surface area contributed by atoms with Crippen LogP contribution in [-0.4, -0.2) is 22.6 Å². The Balaban J connectivity index is 1.82. The predicted molar refractivity (Wildman–Crippen MR) is 63.3 cm³/mol. The Morgan fingerprint density at radius 3 is 3.00 bits per heavy atom. The lowest BCUT2D eigenvalue weighted by Gasteiger charge is -2.21. The van der Waals surface area contributed by atoms with Crippen LogP contribution in [0.25, 0.3) is 0 Å². The van der Waals surface area contributed by atoms with E-state index in [0.717, 1.165) is 25.3 Å². The van der Waals surface area contributed by atoms with Gasteiger partial charge in [0.1, 0.15) is 12.1 Å². The Kier molecular flexibility index (Phi) is 2.74. The largest absolute Gasteiger partial charge is 0.367 e. The molecule has 0 aromatic carbocycles. The maximum Gasteiger partial charge on any atom is 0.134 e. The molecule has 2 heterocycles. The quantitative estimate of drug-likeness (QED) is 0.789. The summed E-state index contributed by atoms with van der Waals surface area (Å²) in [4.78, 5) is 8.76. The monoisotopic (exact) mass is 218 g/mol. The Labute approximate surface area is 95.9 Å². The lowest BCUT2D eigenvalue weighted by Crippen LogP contribution is -2.27. The summed E-state index contributed by atoms with van der Waals surface area (Å²) in [5.74, 6) is 1.06. The van der Waals surface area contributed by atoms with Crippen molar-refractivity contribution in [3.63, 3.8) is 0 Å². The van der Waals surface area contributed by atoms with E-state index in [4.69, 9.17) is 0 Å². The van der Waals surface area contributed by atoms with Crippen molar-refractivity contribution in [2.75, 3.05) is 11.9 Å². The van der Waals surface area contributed by atoms with Gasteiger partial charge in [0.2, 0.25) is 0 Å². The molecule has 0 saturated heterocycles. The minimum absolute atomic E-state index is 0.626. The van der Waals surface area contributed by atoms with E-state index in [0.29, 0.717) is 6.04 Å². The predicted octanol–water partition coefficient (Wildman–Crippen LogP) is 1.48. The van der Waals surface area contributed by atoms with Crippen LogP contribution in [-0.2, 0) is 13.0 Å². The van der Waals surface area contributed by atoms with Crippen LogP contribution in [0.1, 0.15) is 36.9 Å². The number of nitrogens with zero attached hydrogens (tertiary/aromatic N) is 2. The smallest absolute Gasteiger partial charge is 0.134 e. The Morgan fingerprint density at radius 1 is 1.25 bits per heavy atom. The molecule has 2 aliphatic rings. The van der Waals surface area contributed by atoms with Gasteiger partial charge < -0.3 is 10.6 Å². The molecule has 0 radical (unpaired) electrons. The first-order chi connectivity index (χ1) is 7.93. The van der Waals surface area contributed by atoms with Gasteiger partial charge in [0.15, 0.2) is 0 Å². The topological polar surface area (TPSA) is 49.8 Å². The van der Waals surface area contributed by atoms with Crippen molar-refractivity contribution < 1.29 is 0 Å². The van der Waals surface area contributed by atoms with Crippen molar-refractivity contribution in [2.45, 2.75) is 44.7 Å². The summed E-state index contributed by atoms with van der Waals surface area (Å²) < 4.78 is 0. The number of hydrogen-bond donors (Lipinski definition) is 2. The number of anilines is 1. The summed E-state index contributed by atoms with van der Waals surface area (Å²) in [5.41, 5.74) is 2.50. The summed E-state index contributed by atoms with van der Waals surface area (Å²) in [6.07, 6.45) is 7.99. The third-order valence-electron chi connectivity index (χ3n) is 3.57. The lowest BCUT2D eigenvalue weighted by molar-refractivity contribution is 0.624. The van der Waals surface area contributed by atoms with Crippen LogP contribution >= 0.6 is 0 Å². The zero-order valence-corrected chi connectivity index (χ0v) is 9.50. The van der Waals surface area contributed by atoms with Crippen molar-refractivity contribution in [1.82, 2.24) is 15.3 Å². The summed E-state index contributed by atoms with van der Waals surface area (Å²) >= 11 is 0. The molecule has 4 heteroatoms. The molecule has 1 aromatic rings. The highest BCUT2D eigenvalue weighted by Gasteiger charge is 2.19. The van der Waals surface area contributed by atoms with E-state index in [1.54, 1.807) is 6.33 Å². The minimum Gasteiger partial charge on any atom is -0.367 e. The van der Waals surface area contributed by atoms with Crippen molar-refractivity contribution in [3.8, 4) is 0 Å². The molecular formula is C12H18N4. The molecule has 4 nitrogen and oxygen atoms in total. The highest BCUT2D eigenvalue weighted by atomic mass is 15.1. The van der Waals surface area contributed by atoms with Gasteiger partial charge in [0.05, 0.1) is 5.69 Å². The molecule has 0 unspecified atom stereocenters. The van der Waals surface area contributed by atoms with Gasteiger partial charge in [-0.3, -0.25) is 0 Å². The van der Waals surface area contributed by atoms with Gasteiger partial charge >= 0.3 is 0 Å². The summed E-state index contributed by atoms with van der Waals surface area (Å²) in [5, 5.41) is 6.96. The number of rotatable bonds is 2. The molecule has 3 rings (SSSR count). The average molecular weight is 218 g/mol. The number of hydrogen-bond acceptors (Lipinski definition) is 4. The second-order valence-electron chi connectivity index (χ2n) is 4.70. The van der Waals surface area contributed by atoms with E-state index in [9.17, 15) is 0 Å². The maximum atomic E-state index is 4.39. The van der Waals surface area contributed by atoms with Crippen LogP contribution in [0.3, 0.4) is 0 Å². The van der Waals surface area contributed by atoms with E-state index in [1.165, 1.54) is 36.9 Å². The molecule has 1 aliphatic heterocycles. The fourth-order valence-corrected chi connectivity index (χ4v) is 2.66. The molecule has 1 saturated carbocycles. The minimum atomic E-state index is 0.626. The molecule has 1 aliphatic carbocycles. The standard InChI is InChI=1S/C12H18N4/c1-2-4-9(3-1)16-12-10-7-13-6-5-11(10)14-8-15-12/h8-9,13H,1-7H2,(H,14,15,16). The van der Waals surface area contributed by atoms with E-state index < -0.39 is 0 Å². The van der Waals surface area contributed by atoms with Gasteiger partial charge in [-0.2, -0.15) is 0 Å². The highest BCUT2D eigenvalue weighted by Crippen LogP contribution is 2.24. The van der Waals surface area contributed by atoms with Crippen LogP contribution in [0, 0.1) is 0 Å².